The number of halogens is 1. The summed E-state index contributed by atoms with van der Waals surface area (Å²) in [6.07, 6.45) is -0.975. The van der Waals surface area contributed by atoms with Crippen molar-refractivity contribution in [2.45, 2.75) is 6.10 Å². The fourth-order valence-electron chi connectivity index (χ4n) is 2.23. The zero-order valence-corrected chi connectivity index (χ0v) is 11.7. The van der Waals surface area contributed by atoms with Gasteiger partial charge in [0.25, 0.3) is 0 Å². The summed E-state index contributed by atoms with van der Waals surface area (Å²) in [5.41, 5.74) is 0.990. The Balaban J connectivity index is 2.06. The molecule has 0 fully saturated rings. The molecule has 1 heterocycles. The molecule has 0 spiro atoms. The SMILES string of the molecule is COc1ccc(C(O)c2csc3ccccc23)c(F)c1. The lowest BCUT2D eigenvalue weighted by molar-refractivity contribution is 0.216. The van der Waals surface area contributed by atoms with Crippen LogP contribution in [0, 0.1) is 5.82 Å². The first-order valence-electron chi connectivity index (χ1n) is 6.18. The van der Waals surface area contributed by atoms with Gasteiger partial charge in [-0.15, -0.1) is 11.3 Å². The molecule has 1 unspecified atom stereocenters. The summed E-state index contributed by atoms with van der Waals surface area (Å²) in [4.78, 5) is 0. The van der Waals surface area contributed by atoms with Crippen LogP contribution in [0.5, 0.6) is 5.75 Å². The number of fused-ring (bicyclic) bond motifs is 1. The van der Waals surface area contributed by atoms with Crippen LogP contribution in [0.4, 0.5) is 4.39 Å². The van der Waals surface area contributed by atoms with E-state index < -0.39 is 11.9 Å². The normalized spacial score (nSPS) is 12.6. The van der Waals surface area contributed by atoms with Crippen molar-refractivity contribution >= 4 is 21.4 Å². The summed E-state index contributed by atoms with van der Waals surface area (Å²) < 4.78 is 20.1. The molecule has 1 N–H and O–H groups in total. The topological polar surface area (TPSA) is 29.5 Å². The highest BCUT2D eigenvalue weighted by Crippen LogP contribution is 2.34. The van der Waals surface area contributed by atoms with E-state index in [1.54, 1.807) is 23.5 Å². The Morgan fingerprint density at radius 1 is 1.15 bits per heavy atom. The van der Waals surface area contributed by atoms with Crippen LogP contribution in [0.25, 0.3) is 10.1 Å². The Bertz CT molecular complexity index is 751. The van der Waals surface area contributed by atoms with Crippen molar-refractivity contribution in [3.63, 3.8) is 0 Å². The Hall–Kier alpha value is -1.91. The average molecular weight is 288 g/mol. The molecule has 3 aromatic rings. The van der Waals surface area contributed by atoms with Crippen molar-refractivity contribution in [1.29, 1.82) is 0 Å². The molecule has 2 aromatic carbocycles. The first-order valence-corrected chi connectivity index (χ1v) is 7.06. The minimum absolute atomic E-state index is 0.259. The molecule has 4 heteroatoms. The highest BCUT2D eigenvalue weighted by molar-refractivity contribution is 7.17. The third-order valence-electron chi connectivity index (χ3n) is 3.31. The fraction of sp³-hybridized carbons (Fsp3) is 0.125. The van der Waals surface area contributed by atoms with Crippen LogP contribution in [0.1, 0.15) is 17.2 Å². The number of ether oxygens (including phenoxy) is 1. The lowest BCUT2D eigenvalue weighted by atomic mass is 10.0. The van der Waals surface area contributed by atoms with Crippen LogP contribution in [0.2, 0.25) is 0 Å². The first kappa shape index (κ1) is 13.1. The Morgan fingerprint density at radius 3 is 2.70 bits per heavy atom. The molecule has 0 aliphatic rings. The number of aliphatic hydroxyl groups excluding tert-OH is 1. The summed E-state index contributed by atoms with van der Waals surface area (Å²) in [7, 11) is 1.48. The quantitative estimate of drug-likeness (QED) is 0.785. The van der Waals surface area contributed by atoms with Crippen LogP contribution >= 0.6 is 11.3 Å². The highest BCUT2D eigenvalue weighted by atomic mass is 32.1. The lowest BCUT2D eigenvalue weighted by Crippen LogP contribution is -2.02. The van der Waals surface area contributed by atoms with E-state index in [2.05, 4.69) is 0 Å². The minimum Gasteiger partial charge on any atom is -0.497 e. The van der Waals surface area contributed by atoms with Crippen molar-refractivity contribution < 1.29 is 14.2 Å². The molecule has 20 heavy (non-hydrogen) atoms. The van der Waals surface area contributed by atoms with E-state index in [0.717, 1.165) is 15.6 Å². The van der Waals surface area contributed by atoms with Gasteiger partial charge in [-0.1, -0.05) is 18.2 Å². The van der Waals surface area contributed by atoms with Crippen molar-refractivity contribution in [3.8, 4) is 5.75 Å². The van der Waals surface area contributed by atoms with Gasteiger partial charge >= 0.3 is 0 Å². The van der Waals surface area contributed by atoms with E-state index in [0.29, 0.717) is 5.75 Å². The minimum atomic E-state index is -0.975. The molecule has 0 saturated carbocycles. The maximum absolute atomic E-state index is 14.0. The predicted octanol–water partition coefficient (Wildman–Crippen LogP) is 4.13. The second-order valence-electron chi connectivity index (χ2n) is 4.48. The maximum atomic E-state index is 14.0. The van der Waals surface area contributed by atoms with E-state index in [1.165, 1.54) is 13.2 Å². The molecule has 1 atom stereocenters. The molecule has 3 rings (SSSR count). The first-order chi connectivity index (χ1) is 9.70. The average Bonchev–Trinajstić information content (AvgIpc) is 2.90. The Kier molecular flexibility index (Phi) is 3.42. The van der Waals surface area contributed by atoms with Crippen LogP contribution < -0.4 is 4.74 Å². The number of aliphatic hydroxyl groups is 1. The number of rotatable bonds is 3. The van der Waals surface area contributed by atoms with Gasteiger partial charge in [-0.2, -0.15) is 0 Å². The number of methoxy groups -OCH3 is 1. The van der Waals surface area contributed by atoms with Gasteiger partial charge in [0.05, 0.1) is 7.11 Å². The van der Waals surface area contributed by atoms with Crippen molar-refractivity contribution in [2.24, 2.45) is 0 Å². The maximum Gasteiger partial charge on any atom is 0.133 e. The van der Waals surface area contributed by atoms with E-state index in [-0.39, 0.29) is 5.56 Å². The zero-order chi connectivity index (χ0) is 14.1. The summed E-state index contributed by atoms with van der Waals surface area (Å²) >= 11 is 1.54. The molecule has 1 aromatic heterocycles. The standard InChI is InChI=1S/C16H13FO2S/c1-19-10-6-7-12(14(17)8-10)16(18)13-9-20-15-5-3-2-4-11(13)15/h2-9,16,18H,1H3. The molecule has 102 valence electrons. The molecule has 0 aliphatic carbocycles. The number of hydrogen-bond donors (Lipinski definition) is 1. The van der Waals surface area contributed by atoms with Crippen molar-refractivity contribution in [2.75, 3.05) is 7.11 Å². The van der Waals surface area contributed by atoms with E-state index in [1.807, 2.05) is 29.6 Å². The van der Waals surface area contributed by atoms with Crippen LogP contribution in [0.3, 0.4) is 0 Å². The number of benzene rings is 2. The molecular weight excluding hydrogens is 275 g/mol. The van der Waals surface area contributed by atoms with Crippen LogP contribution in [-0.4, -0.2) is 12.2 Å². The third-order valence-corrected chi connectivity index (χ3v) is 4.29. The van der Waals surface area contributed by atoms with E-state index in [4.69, 9.17) is 4.74 Å². The number of hydrogen-bond acceptors (Lipinski definition) is 3. The highest BCUT2D eigenvalue weighted by Gasteiger charge is 2.18. The van der Waals surface area contributed by atoms with Crippen molar-refractivity contribution in [3.05, 3.63) is 64.8 Å². The monoisotopic (exact) mass is 288 g/mol. The lowest BCUT2D eigenvalue weighted by Gasteiger charge is -2.12. The molecule has 0 aliphatic heterocycles. The third kappa shape index (κ3) is 2.17. The molecular formula is C16H13FO2S. The van der Waals surface area contributed by atoms with Gasteiger partial charge in [-0.05, 0) is 29.0 Å². The summed E-state index contributed by atoms with van der Waals surface area (Å²) in [6.45, 7) is 0. The summed E-state index contributed by atoms with van der Waals surface area (Å²) in [5.74, 6) is -0.0271. The van der Waals surface area contributed by atoms with Gasteiger partial charge in [-0.25, -0.2) is 4.39 Å². The predicted molar refractivity (Wildman–Crippen MR) is 78.8 cm³/mol. The summed E-state index contributed by atoms with van der Waals surface area (Å²) in [6, 6.07) is 12.3. The molecule has 0 bridgehead atoms. The molecule has 0 amide bonds. The number of thiophene rings is 1. The van der Waals surface area contributed by atoms with E-state index >= 15 is 0 Å². The van der Waals surface area contributed by atoms with Crippen LogP contribution in [-0.2, 0) is 0 Å². The summed E-state index contributed by atoms with van der Waals surface area (Å²) in [5, 5.41) is 13.3. The van der Waals surface area contributed by atoms with Gasteiger partial charge in [0.15, 0.2) is 0 Å². The zero-order valence-electron chi connectivity index (χ0n) is 10.8. The Morgan fingerprint density at radius 2 is 1.95 bits per heavy atom. The van der Waals surface area contributed by atoms with Gasteiger partial charge < -0.3 is 9.84 Å². The van der Waals surface area contributed by atoms with E-state index in [9.17, 15) is 9.50 Å². The largest absolute Gasteiger partial charge is 0.497 e. The second-order valence-corrected chi connectivity index (χ2v) is 5.39. The molecule has 2 nitrogen and oxygen atoms in total. The Labute approximate surface area is 120 Å². The second kappa shape index (κ2) is 5.23. The van der Waals surface area contributed by atoms with Crippen molar-refractivity contribution in [1.82, 2.24) is 0 Å². The smallest absolute Gasteiger partial charge is 0.133 e. The van der Waals surface area contributed by atoms with Gasteiger partial charge in [-0.3, -0.25) is 0 Å². The van der Waals surface area contributed by atoms with Gasteiger partial charge in [0.1, 0.15) is 17.7 Å². The fourth-order valence-corrected chi connectivity index (χ4v) is 3.21. The molecule has 0 radical (unpaired) electrons. The van der Waals surface area contributed by atoms with Gasteiger partial charge in [0, 0.05) is 21.9 Å². The molecule has 0 saturated heterocycles. The van der Waals surface area contributed by atoms with Crippen LogP contribution in [0.15, 0.2) is 47.8 Å². The van der Waals surface area contributed by atoms with Gasteiger partial charge in [0.2, 0.25) is 0 Å².